The van der Waals surface area contributed by atoms with Gasteiger partial charge in [-0.05, 0) is 49.4 Å². The molecule has 0 atom stereocenters. The van der Waals surface area contributed by atoms with Gasteiger partial charge in [-0.25, -0.2) is 18.4 Å². The van der Waals surface area contributed by atoms with Crippen LogP contribution in [0.3, 0.4) is 0 Å². The van der Waals surface area contributed by atoms with Crippen molar-refractivity contribution < 1.29 is 13.2 Å². The molecule has 1 aromatic heterocycles. The first-order chi connectivity index (χ1) is 14.0. The zero-order valence-corrected chi connectivity index (χ0v) is 17.0. The van der Waals surface area contributed by atoms with Crippen LogP contribution in [0.25, 0.3) is 22.2 Å². The number of aryl methyl sites for hydroxylation is 1. The molecule has 3 aromatic carbocycles. The largest absolute Gasteiger partial charge is 0.497 e. The molecule has 0 aliphatic carbocycles. The van der Waals surface area contributed by atoms with E-state index < -0.39 is 9.84 Å². The number of rotatable bonds is 5. The van der Waals surface area contributed by atoms with Crippen LogP contribution < -0.4 is 4.74 Å². The van der Waals surface area contributed by atoms with Crippen molar-refractivity contribution in [2.45, 2.75) is 17.6 Å². The van der Waals surface area contributed by atoms with Gasteiger partial charge < -0.3 is 4.74 Å². The van der Waals surface area contributed by atoms with Crippen molar-refractivity contribution in [2.24, 2.45) is 0 Å². The molecular formula is C23H20N2O3S. The number of ether oxygens (including phenoxy) is 1. The molecule has 0 unspecified atom stereocenters. The maximum Gasteiger partial charge on any atom is 0.185 e. The van der Waals surface area contributed by atoms with Crippen molar-refractivity contribution in [1.82, 2.24) is 9.97 Å². The Kier molecular flexibility index (Phi) is 5.03. The fourth-order valence-corrected chi connectivity index (χ4v) is 4.34. The van der Waals surface area contributed by atoms with Crippen molar-refractivity contribution >= 4 is 20.7 Å². The first-order valence-electron chi connectivity index (χ1n) is 9.16. The lowest BCUT2D eigenvalue weighted by atomic mass is 10.1. The summed E-state index contributed by atoms with van der Waals surface area (Å²) in [6, 6.07) is 22.0. The minimum atomic E-state index is -3.55. The molecule has 0 radical (unpaired) electrons. The molecule has 0 N–H and O–H groups in total. The van der Waals surface area contributed by atoms with E-state index in [2.05, 4.69) is 9.97 Å². The second-order valence-corrected chi connectivity index (χ2v) is 8.80. The number of hydrogen-bond acceptors (Lipinski definition) is 5. The molecule has 0 aliphatic heterocycles. The third kappa shape index (κ3) is 3.98. The van der Waals surface area contributed by atoms with Crippen LogP contribution in [0.2, 0.25) is 0 Å². The Morgan fingerprint density at radius 2 is 1.55 bits per heavy atom. The normalized spacial score (nSPS) is 11.5. The molecule has 0 spiro atoms. The van der Waals surface area contributed by atoms with Gasteiger partial charge in [-0.1, -0.05) is 35.9 Å². The zero-order chi connectivity index (χ0) is 20.4. The van der Waals surface area contributed by atoms with Crippen molar-refractivity contribution in [3.63, 3.8) is 0 Å². The Balaban J connectivity index is 1.80. The first kappa shape index (κ1) is 19.1. The second-order valence-electron chi connectivity index (χ2n) is 6.81. The standard InChI is InChI=1S/C23H20N2O3S/c1-16-7-13-19(14-8-16)29(26,27)15-22-24-21-6-4-3-5-20(21)23(25-22)17-9-11-18(28-2)12-10-17/h3-14H,15H2,1-2H3. The Morgan fingerprint density at radius 1 is 0.862 bits per heavy atom. The fraction of sp³-hybridized carbons (Fsp3) is 0.130. The summed E-state index contributed by atoms with van der Waals surface area (Å²) in [4.78, 5) is 9.40. The van der Waals surface area contributed by atoms with Crippen LogP contribution in [-0.4, -0.2) is 25.5 Å². The van der Waals surface area contributed by atoms with Gasteiger partial charge in [0, 0.05) is 10.9 Å². The molecular weight excluding hydrogens is 384 g/mol. The zero-order valence-electron chi connectivity index (χ0n) is 16.2. The van der Waals surface area contributed by atoms with Crippen LogP contribution in [0.4, 0.5) is 0 Å². The van der Waals surface area contributed by atoms with E-state index in [0.29, 0.717) is 11.2 Å². The summed E-state index contributed by atoms with van der Waals surface area (Å²) in [5.41, 5.74) is 3.29. The van der Waals surface area contributed by atoms with E-state index in [0.717, 1.165) is 22.3 Å². The van der Waals surface area contributed by atoms with E-state index in [9.17, 15) is 8.42 Å². The summed E-state index contributed by atoms with van der Waals surface area (Å²) in [5, 5.41) is 0.870. The van der Waals surface area contributed by atoms with Crippen LogP contribution in [0, 0.1) is 6.92 Å². The fourth-order valence-electron chi connectivity index (χ4n) is 3.16. The minimum absolute atomic E-state index is 0.260. The highest BCUT2D eigenvalue weighted by Gasteiger charge is 2.19. The summed E-state index contributed by atoms with van der Waals surface area (Å²) in [6.45, 7) is 1.92. The van der Waals surface area contributed by atoms with Gasteiger partial charge in [-0.15, -0.1) is 0 Å². The third-order valence-corrected chi connectivity index (χ3v) is 6.34. The Labute approximate surface area is 170 Å². The molecule has 4 rings (SSSR count). The minimum Gasteiger partial charge on any atom is -0.497 e. The number of benzene rings is 3. The summed E-state index contributed by atoms with van der Waals surface area (Å²) in [7, 11) is -1.94. The van der Waals surface area contributed by atoms with E-state index in [1.807, 2.05) is 55.5 Å². The van der Waals surface area contributed by atoms with E-state index in [-0.39, 0.29) is 16.5 Å². The molecule has 0 amide bonds. The monoisotopic (exact) mass is 404 g/mol. The topological polar surface area (TPSA) is 69.2 Å². The van der Waals surface area contributed by atoms with Gasteiger partial charge in [-0.2, -0.15) is 0 Å². The number of nitrogens with zero attached hydrogens (tertiary/aromatic N) is 2. The molecule has 5 nitrogen and oxygen atoms in total. The van der Waals surface area contributed by atoms with Crippen LogP contribution in [-0.2, 0) is 15.6 Å². The Bertz CT molecular complexity index is 1270. The van der Waals surface area contributed by atoms with E-state index in [1.165, 1.54) is 0 Å². The number of hydrogen-bond donors (Lipinski definition) is 0. The lowest BCUT2D eigenvalue weighted by Crippen LogP contribution is -2.09. The number of methoxy groups -OCH3 is 1. The lowest BCUT2D eigenvalue weighted by Gasteiger charge is -2.10. The molecule has 0 saturated carbocycles. The van der Waals surface area contributed by atoms with Crippen molar-refractivity contribution in [2.75, 3.05) is 7.11 Å². The average Bonchev–Trinajstić information content (AvgIpc) is 2.73. The van der Waals surface area contributed by atoms with Crippen LogP contribution in [0.15, 0.2) is 77.7 Å². The quantitative estimate of drug-likeness (QED) is 0.487. The van der Waals surface area contributed by atoms with Gasteiger partial charge in [0.05, 0.1) is 23.2 Å². The summed E-state index contributed by atoms with van der Waals surface area (Å²) < 4.78 is 31.0. The maximum atomic E-state index is 12.9. The van der Waals surface area contributed by atoms with Gasteiger partial charge >= 0.3 is 0 Å². The predicted octanol–water partition coefficient (Wildman–Crippen LogP) is 4.59. The molecule has 1 heterocycles. The van der Waals surface area contributed by atoms with Crippen molar-refractivity contribution in [1.29, 1.82) is 0 Å². The highest BCUT2D eigenvalue weighted by atomic mass is 32.2. The summed E-state index contributed by atoms with van der Waals surface area (Å²) >= 11 is 0. The molecule has 6 heteroatoms. The van der Waals surface area contributed by atoms with Crippen LogP contribution >= 0.6 is 0 Å². The third-order valence-electron chi connectivity index (χ3n) is 4.71. The lowest BCUT2D eigenvalue weighted by molar-refractivity contribution is 0.415. The Morgan fingerprint density at radius 3 is 2.24 bits per heavy atom. The number of sulfone groups is 1. The number of fused-ring (bicyclic) bond motifs is 1. The molecule has 29 heavy (non-hydrogen) atoms. The molecule has 0 fully saturated rings. The molecule has 0 bridgehead atoms. The number of aromatic nitrogens is 2. The van der Waals surface area contributed by atoms with E-state index in [1.54, 1.807) is 31.4 Å². The van der Waals surface area contributed by atoms with Crippen molar-refractivity contribution in [3.8, 4) is 17.0 Å². The van der Waals surface area contributed by atoms with Gasteiger partial charge in [0.15, 0.2) is 9.84 Å². The first-order valence-corrected chi connectivity index (χ1v) is 10.8. The average molecular weight is 404 g/mol. The Hall–Kier alpha value is -3.25. The van der Waals surface area contributed by atoms with Crippen molar-refractivity contribution in [3.05, 3.63) is 84.2 Å². The van der Waals surface area contributed by atoms with Gasteiger partial charge in [0.25, 0.3) is 0 Å². The predicted molar refractivity (Wildman–Crippen MR) is 114 cm³/mol. The highest BCUT2D eigenvalue weighted by molar-refractivity contribution is 7.90. The van der Waals surface area contributed by atoms with Crippen LogP contribution in [0.5, 0.6) is 5.75 Å². The highest BCUT2D eigenvalue weighted by Crippen LogP contribution is 2.28. The van der Waals surface area contributed by atoms with Crippen LogP contribution in [0.1, 0.15) is 11.4 Å². The van der Waals surface area contributed by atoms with Gasteiger partial charge in [0.1, 0.15) is 17.3 Å². The van der Waals surface area contributed by atoms with Gasteiger partial charge in [0.2, 0.25) is 0 Å². The summed E-state index contributed by atoms with van der Waals surface area (Å²) in [6.07, 6.45) is 0. The van der Waals surface area contributed by atoms with E-state index in [4.69, 9.17) is 4.74 Å². The molecule has 146 valence electrons. The van der Waals surface area contributed by atoms with Gasteiger partial charge in [-0.3, -0.25) is 0 Å². The second kappa shape index (κ2) is 7.64. The smallest absolute Gasteiger partial charge is 0.185 e. The molecule has 0 saturated heterocycles. The number of para-hydroxylation sites is 1. The van der Waals surface area contributed by atoms with E-state index >= 15 is 0 Å². The maximum absolute atomic E-state index is 12.9. The summed E-state index contributed by atoms with van der Waals surface area (Å²) in [5.74, 6) is 0.758. The SMILES string of the molecule is COc1ccc(-c2nc(CS(=O)(=O)c3ccc(C)cc3)nc3ccccc23)cc1. The molecule has 0 aliphatic rings. The molecule has 4 aromatic rings.